The number of carbonyl (C=O) groups excluding carboxylic acids is 4. The van der Waals surface area contributed by atoms with Crippen LogP contribution in [0.15, 0.2) is 89.9 Å². The number of benzene rings is 3. The lowest BCUT2D eigenvalue weighted by Gasteiger charge is -2.34. The Labute approximate surface area is 271 Å². The van der Waals surface area contributed by atoms with Gasteiger partial charge < -0.3 is 27.4 Å². The van der Waals surface area contributed by atoms with Crippen molar-refractivity contribution in [2.75, 3.05) is 18.0 Å². The topological polar surface area (TPSA) is 220 Å². The van der Waals surface area contributed by atoms with Gasteiger partial charge in [0.25, 0.3) is 17.5 Å². The highest BCUT2D eigenvalue weighted by molar-refractivity contribution is 6.05. The average molecular weight is 643 g/mol. The number of rotatable bonds is 14. The van der Waals surface area contributed by atoms with Crippen LogP contribution in [0.25, 0.3) is 0 Å². The second kappa shape index (κ2) is 16.0. The number of nitrogens with two attached hydrogens (primary N) is 3. The molecule has 0 unspecified atom stereocenters. The Hall–Kier alpha value is -5.79. The van der Waals surface area contributed by atoms with E-state index in [1.807, 2.05) is 6.07 Å². The van der Waals surface area contributed by atoms with E-state index < -0.39 is 40.8 Å². The number of nitro benzene ring substituents is 1. The van der Waals surface area contributed by atoms with E-state index in [1.165, 1.54) is 29.2 Å². The number of hydrogen-bond donors (Lipinski definition) is 4. The number of aliphatic imine (C=N–C) groups is 1. The van der Waals surface area contributed by atoms with Gasteiger partial charge in [0.05, 0.1) is 4.92 Å². The molecule has 4 rings (SSSR count). The second-order valence-corrected chi connectivity index (χ2v) is 11.1. The third-order valence-electron chi connectivity index (χ3n) is 7.88. The number of nitrogens with one attached hydrogen (secondary N) is 1. The van der Waals surface area contributed by atoms with Crippen molar-refractivity contribution >= 4 is 41.0 Å². The second-order valence-electron chi connectivity index (χ2n) is 11.1. The molecule has 47 heavy (non-hydrogen) atoms. The van der Waals surface area contributed by atoms with E-state index in [-0.39, 0.29) is 49.0 Å². The monoisotopic (exact) mass is 642 g/mol. The minimum Gasteiger partial charge on any atom is -0.370 e. The van der Waals surface area contributed by atoms with E-state index in [9.17, 15) is 29.3 Å². The van der Waals surface area contributed by atoms with E-state index in [1.54, 1.807) is 54.6 Å². The van der Waals surface area contributed by atoms with Crippen LogP contribution in [-0.2, 0) is 20.8 Å². The summed E-state index contributed by atoms with van der Waals surface area (Å²) < 4.78 is 0. The number of nitro groups is 1. The molecule has 3 aromatic rings. The molecule has 0 aromatic heterocycles. The average Bonchev–Trinajstić information content (AvgIpc) is 3.56. The van der Waals surface area contributed by atoms with Crippen molar-refractivity contribution in [3.8, 4) is 0 Å². The SMILES string of the molecule is NC(=O)[C@H](CCCN=C(N)N)N(C(=O)[C@H](Cc1ccccc1)NC(=O)[C@@H]1CCCN1C(=O)c1ccccc1)c1ccc([N+](=O)[O-])cc1. The van der Waals surface area contributed by atoms with Crippen molar-refractivity contribution in [3.63, 3.8) is 0 Å². The third-order valence-corrected chi connectivity index (χ3v) is 7.88. The zero-order valence-corrected chi connectivity index (χ0v) is 25.7. The molecule has 0 aliphatic carbocycles. The van der Waals surface area contributed by atoms with E-state index in [0.29, 0.717) is 24.9 Å². The first-order valence-electron chi connectivity index (χ1n) is 15.2. The lowest BCUT2D eigenvalue weighted by atomic mass is 10.0. The fraction of sp³-hybridized carbons (Fsp3) is 0.303. The van der Waals surface area contributed by atoms with Gasteiger partial charge in [-0.1, -0.05) is 48.5 Å². The van der Waals surface area contributed by atoms with E-state index >= 15 is 0 Å². The molecule has 1 aliphatic heterocycles. The van der Waals surface area contributed by atoms with Gasteiger partial charge in [-0.25, -0.2) is 0 Å². The molecule has 246 valence electrons. The molecule has 14 heteroatoms. The molecule has 7 N–H and O–H groups in total. The smallest absolute Gasteiger partial charge is 0.269 e. The Morgan fingerprint density at radius 2 is 1.60 bits per heavy atom. The summed E-state index contributed by atoms with van der Waals surface area (Å²) in [5.74, 6) is -2.45. The van der Waals surface area contributed by atoms with Crippen LogP contribution in [0.5, 0.6) is 0 Å². The van der Waals surface area contributed by atoms with Crippen LogP contribution >= 0.6 is 0 Å². The van der Waals surface area contributed by atoms with Crippen molar-refractivity contribution in [2.24, 2.45) is 22.2 Å². The fourth-order valence-electron chi connectivity index (χ4n) is 5.60. The summed E-state index contributed by atoms with van der Waals surface area (Å²) in [6.07, 6.45) is 1.38. The Morgan fingerprint density at radius 3 is 2.19 bits per heavy atom. The zero-order chi connectivity index (χ0) is 33.9. The normalized spacial score (nSPS) is 15.2. The number of guanidine groups is 1. The molecule has 3 aromatic carbocycles. The van der Waals surface area contributed by atoms with Crippen molar-refractivity contribution in [2.45, 2.75) is 50.2 Å². The maximum atomic E-state index is 14.6. The number of amides is 4. The maximum Gasteiger partial charge on any atom is 0.269 e. The first kappa shape index (κ1) is 34.1. The Bertz CT molecular complexity index is 1600. The summed E-state index contributed by atoms with van der Waals surface area (Å²) in [6, 6.07) is 19.5. The van der Waals surface area contributed by atoms with Gasteiger partial charge in [0.2, 0.25) is 11.8 Å². The van der Waals surface area contributed by atoms with Crippen LogP contribution in [-0.4, -0.2) is 70.6 Å². The molecular formula is C33H38N8O6. The number of primary amides is 1. The van der Waals surface area contributed by atoms with Crippen molar-refractivity contribution in [3.05, 3.63) is 106 Å². The lowest BCUT2D eigenvalue weighted by molar-refractivity contribution is -0.384. The van der Waals surface area contributed by atoms with Crippen LogP contribution < -0.4 is 27.4 Å². The highest BCUT2D eigenvalue weighted by atomic mass is 16.6. The van der Waals surface area contributed by atoms with E-state index in [0.717, 1.165) is 10.5 Å². The van der Waals surface area contributed by atoms with Crippen LogP contribution in [0, 0.1) is 10.1 Å². The van der Waals surface area contributed by atoms with Gasteiger partial charge in [-0.15, -0.1) is 0 Å². The molecule has 0 radical (unpaired) electrons. The number of carbonyl (C=O) groups is 4. The zero-order valence-electron chi connectivity index (χ0n) is 25.7. The summed E-state index contributed by atoms with van der Waals surface area (Å²) in [5.41, 5.74) is 17.8. The van der Waals surface area contributed by atoms with Crippen LogP contribution in [0.1, 0.15) is 41.6 Å². The van der Waals surface area contributed by atoms with Gasteiger partial charge >= 0.3 is 0 Å². The molecule has 0 saturated carbocycles. The predicted octanol–water partition coefficient (Wildman–Crippen LogP) is 1.87. The molecule has 1 saturated heterocycles. The quantitative estimate of drug-likeness (QED) is 0.0667. The molecule has 1 heterocycles. The summed E-state index contributed by atoms with van der Waals surface area (Å²) in [5, 5.41) is 14.2. The lowest BCUT2D eigenvalue weighted by Crippen LogP contribution is -2.58. The van der Waals surface area contributed by atoms with Gasteiger partial charge in [0.1, 0.15) is 18.1 Å². The van der Waals surface area contributed by atoms with Gasteiger partial charge in [0.15, 0.2) is 5.96 Å². The molecule has 1 fully saturated rings. The van der Waals surface area contributed by atoms with Gasteiger partial charge in [-0.3, -0.25) is 39.2 Å². The highest BCUT2D eigenvalue weighted by Gasteiger charge is 2.39. The number of hydrogen-bond acceptors (Lipinski definition) is 7. The standard InChI is InChI=1S/C33H38N8O6/c34-29(42)27(13-7-19-37-33(35)36)40(24-15-17-25(18-16-24)41(46)47)32(45)26(21-22-9-3-1-4-10-22)38-30(43)28-14-8-20-39(28)31(44)23-11-5-2-6-12-23/h1-6,9-12,15-18,26-28H,7-8,13-14,19-21H2,(H2,34,42)(H,38,43)(H4,35,36,37)/t26-,27-,28-/m0/s1. The molecule has 0 spiro atoms. The van der Waals surface area contributed by atoms with Gasteiger partial charge in [0, 0.05) is 42.9 Å². The number of non-ortho nitro benzene ring substituents is 1. The summed E-state index contributed by atoms with van der Waals surface area (Å²) in [4.78, 5) is 72.0. The Kier molecular flexibility index (Phi) is 11.6. The predicted molar refractivity (Wildman–Crippen MR) is 176 cm³/mol. The summed E-state index contributed by atoms with van der Waals surface area (Å²) >= 11 is 0. The number of nitrogens with zero attached hydrogens (tertiary/aromatic N) is 4. The minimum absolute atomic E-state index is 0.0493. The fourth-order valence-corrected chi connectivity index (χ4v) is 5.60. The first-order chi connectivity index (χ1) is 22.6. The first-order valence-corrected chi connectivity index (χ1v) is 15.2. The maximum absolute atomic E-state index is 14.6. The van der Waals surface area contributed by atoms with E-state index in [4.69, 9.17) is 17.2 Å². The molecule has 1 aliphatic rings. The highest BCUT2D eigenvalue weighted by Crippen LogP contribution is 2.26. The molecule has 4 amide bonds. The van der Waals surface area contributed by atoms with Crippen LogP contribution in [0.3, 0.4) is 0 Å². The van der Waals surface area contributed by atoms with Crippen molar-refractivity contribution in [1.82, 2.24) is 10.2 Å². The van der Waals surface area contributed by atoms with Crippen LogP contribution in [0.4, 0.5) is 11.4 Å². The Morgan fingerprint density at radius 1 is 0.957 bits per heavy atom. The largest absolute Gasteiger partial charge is 0.370 e. The van der Waals surface area contributed by atoms with Crippen LogP contribution in [0.2, 0.25) is 0 Å². The number of anilines is 1. The van der Waals surface area contributed by atoms with Gasteiger partial charge in [-0.05, 0) is 55.5 Å². The molecule has 0 bridgehead atoms. The summed E-state index contributed by atoms with van der Waals surface area (Å²) in [7, 11) is 0. The van der Waals surface area contributed by atoms with Crippen molar-refractivity contribution in [1.29, 1.82) is 0 Å². The molecule has 14 nitrogen and oxygen atoms in total. The van der Waals surface area contributed by atoms with E-state index in [2.05, 4.69) is 10.3 Å². The number of likely N-dealkylation sites (tertiary alicyclic amines) is 1. The van der Waals surface area contributed by atoms with Crippen molar-refractivity contribution < 1.29 is 24.1 Å². The Balaban J connectivity index is 1.69. The third kappa shape index (κ3) is 8.90. The van der Waals surface area contributed by atoms with Gasteiger partial charge in [-0.2, -0.15) is 0 Å². The molecular weight excluding hydrogens is 604 g/mol. The molecule has 3 atom stereocenters. The summed E-state index contributed by atoms with van der Waals surface area (Å²) in [6.45, 7) is 0.531. The minimum atomic E-state index is -1.21.